The number of piperidine rings is 1. The number of hydrogen-bond donors (Lipinski definition) is 1. The molecular weight excluding hydrogens is 256 g/mol. The molecule has 1 saturated heterocycles. The quantitative estimate of drug-likeness (QED) is 0.930. The Labute approximate surface area is 117 Å². The zero-order chi connectivity index (χ0) is 12.9. The Morgan fingerprint density at radius 3 is 2.68 bits per heavy atom. The van der Waals surface area contributed by atoms with Gasteiger partial charge in [0.05, 0.1) is 6.20 Å². The van der Waals surface area contributed by atoms with Crippen molar-refractivity contribution in [2.24, 2.45) is 0 Å². The predicted octanol–water partition coefficient (Wildman–Crippen LogP) is 2.61. The van der Waals surface area contributed by atoms with Gasteiger partial charge in [-0.25, -0.2) is 0 Å². The van der Waals surface area contributed by atoms with Crippen LogP contribution in [0.5, 0.6) is 0 Å². The van der Waals surface area contributed by atoms with Crippen LogP contribution in [0.3, 0.4) is 0 Å². The average Bonchev–Trinajstić information content (AvgIpc) is 2.95. The van der Waals surface area contributed by atoms with Crippen LogP contribution in [-0.2, 0) is 6.54 Å². The molecule has 0 bridgehead atoms. The molecule has 1 N–H and O–H groups in total. The summed E-state index contributed by atoms with van der Waals surface area (Å²) in [5.74, 6) is 0. The van der Waals surface area contributed by atoms with E-state index in [0.29, 0.717) is 6.04 Å². The lowest BCUT2D eigenvalue weighted by atomic mass is 10.0. The van der Waals surface area contributed by atoms with E-state index in [2.05, 4.69) is 50.1 Å². The molecule has 0 atom stereocenters. The topological polar surface area (TPSA) is 41.0 Å². The third-order valence-electron chi connectivity index (χ3n) is 3.54. The maximum Gasteiger partial charge on any atom is 0.130 e. The van der Waals surface area contributed by atoms with Crippen molar-refractivity contribution in [3.05, 3.63) is 42.1 Å². The summed E-state index contributed by atoms with van der Waals surface area (Å²) in [6.07, 6.45) is 4.18. The maximum absolute atomic E-state index is 3.88. The third-order valence-corrected chi connectivity index (χ3v) is 4.14. The van der Waals surface area contributed by atoms with E-state index >= 15 is 0 Å². The monoisotopic (exact) mass is 274 g/mol. The first-order chi connectivity index (χ1) is 9.40. The van der Waals surface area contributed by atoms with E-state index < -0.39 is 0 Å². The van der Waals surface area contributed by atoms with Gasteiger partial charge >= 0.3 is 0 Å². The van der Waals surface area contributed by atoms with Crippen molar-refractivity contribution in [1.82, 2.24) is 14.5 Å². The highest BCUT2D eigenvalue weighted by molar-refractivity contribution is 7.09. The Balaban J connectivity index is 1.47. The normalized spacial score (nSPS) is 17.5. The zero-order valence-corrected chi connectivity index (χ0v) is 11.6. The molecule has 0 unspecified atom stereocenters. The minimum absolute atomic E-state index is 0.564. The van der Waals surface area contributed by atoms with Crippen LogP contribution in [0.2, 0.25) is 0 Å². The molecule has 0 spiro atoms. The molecule has 2 aromatic rings. The summed E-state index contributed by atoms with van der Waals surface area (Å²) in [6.45, 7) is 3.37. The molecule has 0 radical (unpaired) electrons. The molecule has 3 rings (SSSR count). The maximum atomic E-state index is 3.88. The molecule has 1 aliphatic heterocycles. The summed E-state index contributed by atoms with van der Waals surface area (Å²) in [5.41, 5.74) is 1.40. The number of nitrogens with zero attached hydrogens (tertiary/aromatic N) is 3. The summed E-state index contributed by atoms with van der Waals surface area (Å²) in [5, 5.41) is 8.45. The van der Waals surface area contributed by atoms with Crippen LogP contribution in [0, 0.1) is 0 Å². The molecular formula is C14H18N4S. The summed E-state index contributed by atoms with van der Waals surface area (Å²) < 4.78 is 3.88. The van der Waals surface area contributed by atoms with Crippen LogP contribution in [0.4, 0.5) is 5.00 Å². The first kappa shape index (κ1) is 12.6. The fourth-order valence-electron chi connectivity index (χ4n) is 2.51. The van der Waals surface area contributed by atoms with E-state index in [1.807, 2.05) is 0 Å². The minimum Gasteiger partial charge on any atom is -0.372 e. The molecule has 1 fully saturated rings. The summed E-state index contributed by atoms with van der Waals surface area (Å²) in [4.78, 5) is 2.53. The highest BCUT2D eigenvalue weighted by atomic mass is 32.1. The van der Waals surface area contributed by atoms with Crippen molar-refractivity contribution >= 4 is 16.5 Å². The molecule has 19 heavy (non-hydrogen) atoms. The number of anilines is 1. The molecule has 0 aliphatic carbocycles. The van der Waals surface area contributed by atoms with E-state index in [1.165, 1.54) is 29.9 Å². The number of likely N-dealkylation sites (tertiary alicyclic amines) is 1. The lowest BCUT2D eigenvalue weighted by Gasteiger charge is -2.32. The highest BCUT2D eigenvalue weighted by Crippen LogP contribution is 2.19. The van der Waals surface area contributed by atoms with Gasteiger partial charge in [0, 0.05) is 37.2 Å². The van der Waals surface area contributed by atoms with Gasteiger partial charge in [0.1, 0.15) is 5.00 Å². The second-order valence-electron chi connectivity index (χ2n) is 4.96. The molecule has 1 aliphatic rings. The van der Waals surface area contributed by atoms with Gasteiger partial charge in [0.25, 0.3) is 0 Å². The number of nitrogens with one attached hydrogen (secondary N) is 1. The van der Waals surface area contributed by atoms with E-state index in [9.17, 15) is 0 Å². The molecule has 1 aromatic heterocycles. The van der Waals surface area contributed by atoms with Crippen molar-refractivity contribution in [1.29, 1.82) is 0 Å². The van der Waals surface area contributed by atoms with Gasteiger partial charge in [-0.3, -0.25) is 4.90 Å². The predicted molar refractivity (Wildman–Crippen MR) is 78.3 cm³/mol. The lowest BCUT2D eigenvalue weighted by Crippen LogP contribution is -2.38. The summed E-state index contributed by atoms with van der Waals surface area (Å²) >= 11 is 1.43. The van der Waals surface area contributed by atoms with Gasteiger partial charge < -0.3 is 5.32 Å². The Morgan fingerprint density at radius 2 is 2.00 bits per heavy atom. The first-order valence-electron chi connectivity index (χ1n) is 6.70. The Kier molecular flexibility index (Phi) is 4.05. The van der Waals surface area contributed by atoms with E-state index in [-0.39, 0.29) is 0 Å². The van der Waals surface area contributed by atoms with E-state index in [0.717, 1.165) is 24.6 Å². The third kappa shape index (κ3) is 3.52. The van der Waals surface area contributed by atoms with Crippen molar-refractivity contribution in [3.8, 4) is 0 Å². The zero-order valence-electron chi connectivity index (χ0n) is 10.8. The standard InChI is InChI=1S/C14H18N4S/c1-2-4-12(5-3-1)11-18-8-6-13(7-9-18)16-14-10-15-17-19-14/h1-5,10,13,16H,6-9,11H2. The van der Waals surface area contributed by atoms with Crippen LogP contribution in [0.25, 0.3) is 0 Å². The Bertz CT molecular complexity index is 477. The minimum atomic E-state index is 0.564. The highest BCUT2D eigenvalue weighted by Gasteiger charge is 2.19. The van der Waals surface area contributed by atoms with Crippen LogP contribution in [-0.4, -0.2) is 33.6 Å². The van der Waals surface area contributed by atoms with Gasteiger partial charge in [-0.1, -0.05) is 34.8 Å². The van der Waals surface area contributed by atoms with Gasteiger partial charge in [-0.05, 0) is 18.4 Å². The lowest BCUT2D eigenvalue weighted by molar-refractivity contribution is 0.211. The largest absolute Gasteiger partial charge is 0.372 e. The molecule has 0 saturated carbocycles. The van der Waals surface area contributed by atoms with Gasteiger partial charge in [0.15, 0.2) is 0 Å². The molecule has 2 heterocycles. The van der Waals surface area contributed by atoms with Gasteiger partial charge in [-0.15, -0.1) is 5.10 Å². The Morgan fingerprint density at radius 1 is 1.21 bits per heavy atom. The molecule has 1 aromatic carbocycles. The summed E-state index contributed by atoms with van der Waals surface area (Å²) in [7, 11) is 0. The molecule has 5 heteroatoms. The molecule has 0 amide bonds. The Hall–Kier alpha value is -1.46. The van der Waals surface area contributed by atoms with Crippen molar-refractivity contribution in [2.75, 3.05) is 18.4 Å². The van der Waals surface area contributed by atoms with Crippen LogP contribution in [0.1, 0.15) is 18.4 Å². The van der Waals surface area contributed by atoms with Crippen LogP contribution >= 0.6 is 11.5 Å². The van der Waals surface area contributed by atoms with Crippen molar-refractivity contribution < 1.29 is 0 Å². The smallest absolute Gasteiger partial charge is 0.130 e. The van der Waals surface area contributed by atoms with Crippen molar-refractivity contribution in [3.63, 3.8) is 0 Å². The van der Waals surface area contributed by atoms with Crippen LogP contribution in [0.15, 0.2) is 36.5 Å². The second kappa shape index (κ2) is 6.12. The van der Waals surface area contributed by atoms with Crippen molar-refractivity contribution in [2.45, 2.75) is 25.4 Å². The first-order valence-corrected chi connectivity index (χ1v) is 7.48. The SMILES string of the molecule is c1ccc(CN2CCC(Nc3cnns3)CC2)cc1. The second-order valence-corrected chi connectivity index (χ2v) is 5.75. The fraction of sp³-hybridized carbons (Fsp3) is 0.429. The van der Waals surface area contributed by atoms with Gasteiger partial charge in [0.2, 0.25) is 0 Å². The van der Waals surface area contributed by atoms with Crippen LogP contribution < -0.4 is 5.32 Å². The number of rotatable bonds is 4. The fourth-order valence-corrected chi connectivity index (χ4v) is 3.00. The number of hydrogen-bond acceptors (Lipinski definition) is 5. The number of aromatic nitrogens is 2. The molecule has 100 valence electrons. The van der Waals surface area contributed by atoms with Gasteiger partial charge in [-0.2, -0.15) is 0 Å². The number of benzene rings is 1. The molecule has 4 nitrogen and oxygen atoms in total. The van der Waals surface area contributed by atoms with E-state index in [1.54, 1.807) is 6.20 Å². The van der Waals surface area contributed by atoms with E-state index in [4.69, 9.17) is 0 Å². The summed E-state index contributed by atoms with van der Waals surface area (Å²) in [6, 6.07) is 11.3. The average molecular weight is 274 g/mol.